The summed E-state index contributed by atoms with van der Waals surface area (Å²) in [5.41, 5.74) is 5.85. The van der Waals surface area contributed by atoms with Crippen LogP contribution in [-0.4, -0.2) is 27.3 Å². The van der Waals surface area contributed by atoms with Gasteiger partial charge in [0.15, 0.2) is 0 Å². The quantitative estimate of drug-likeness (QED) is 0.662. The lowest BCUT2D eigenvalue weighted by molar-refractivity contribution is -0.115. The van der Waals surface area contributed by atoms with Crippen molar-refractivity contribution in [3.05, 3.63) is 87.7 Å². The topological polar surface area (TPSA) is 85.4 Å². The van der Waals surface area contributed by atoms with Crippen LogP contribution < -0.4 is 16.0 Å². The van der Waals surface area contributed by atoms with E-state index in [2.05, 4.69) is 31.3 Å². The minimum absolute atomic E-state index is 0.241. The fourth-order valence-electron chi connectivity index (χ4n) is 3.32. The number of aromatic amines is 2. The Morgan fingerprint density at radius 1 is 0.893 bits per heavy atom. The maximum absolute atomic E-state index is 11.5. The Morgan fingerprint density at radius 3 is 2.50 bits per heavy atom. The molecule has 3 aliphatic rings. The molecule has 1 amide bonds. The van der Waals surface area contributed by atoms with Gasteiger partial charge in [0.2, 0.25) is 5.91 Å². The minimum atomic E-state index is -0.241. The largest absolute Gasteiger partial charge is 0.355 e. The molecule has 8 bridgehead atoms. The first kappa shape index (κ1) is 16.3. The van der Waals surface area contributed by atoms with Gasteiger partial charge in [-0.15, -0.1) is 0 Å². The molecule has 0 radical (unpaired) electrons. The summed E-state index contributed by atoms with van der Waals surface area (Å²) in [4.78, 5) is 27.0. The van der Waals surface area contributed by atoms with E-state index in [0.29, 0.717) is 5.71 Å². The lowest BCUT2D eigenvalue weighted by Gasteiger charge is -2.02. The van der Waals surface area contributed by atoms with Crippen molar-refractivity contribution in [3.8, 4) is 0 Å². The molecule has 0 saturated heterocycles. The zero-order valence-corrected chi connectivity index (χ0v) is 15.2. The van der Waals surface area contributed by atoms with E-state index < -0.39 is 0 Å². The first-order valence-electron chi connectivity index (χ1n) is 8.97. The van der Waals surface area contributed by atoms with Crippen molar-refractivity contribution in [2.75, 3.05) is 0 Å². The summed E-state index contributed by atoms with van der Waals surface area (Å²) in [6.45, 7) is 1.45. The van der Waals surface area contributed by atoms with Crippen LogP contribution in [0.5, 0.6) is 0 Å². The molecule has 0 spiro atoms. The molecule has 0 saturated carbocycles. The normalized spacial score (nSPS) is 18.5. The Hall–Kier alpha value is -3.93. The minimum Gasteiger partial charge on any atom is -0.355 e. The van der Waals surface area contributed by atoms with Crippen LogP contribution in [0.25, 0.3) is 18.2 Å². The third-order valence-electron chi connectivity index (χ3n) is 4.49. The number of rotatable bonds is 0. The number of amides is 1. The van der Waals surface area contributed by atoms with Gasteiger partial charge in [-0.05, 0) is 66.8 Å². The Labute approximate surface area is 160 Å². The van der Waals surface area contributed by atoms with E-state index >= 15 is 0 Å². The lowest BCUT2D eigenvalue weighted by Crippen LogP contribution is -2.14. The summed E-state index contributed by atoms with van der Waals surface area (Å²) in [5, 5.41) is 5.27. The average molecular weight is 367 g/mol. The summed E-state index contributed by atoms with van der Waals surface area (Å²) < 4.78 is 0. The number of carbonyl (C=O) groups is 1. The van der Waals surface area contributed by atoms with Gasteiger partial charge < -0.3 is 15.3 Å². The van der Waals surface area contributed by atoms with Crippen LogP contribution in [0, 0.1) is 0 Å². The molecule has 2 aromatic rings. The van der Waals surface area contributed by atoms with E-state index in [1.165, 1.54) is 6.92 Å². The predicted molar refractivity (Wildman–Crippen MR) is 111 cm³/mol. The van der Waals surface area contributed by atoms with Gasteiger partial charge in [-0.3, -0.25) is 4.79 Å². The summed E-state index contributed by atoms with van der Waals surface area (Å²) >= 11 is 0. The van der Waals surface area contributed by atoms with Crippen LogP contribution in [0.2, 0.25) is 0 Å². The molecular formula is C22H17N5O. The molecule has 28 heavy (non-hydrogen) atoms. The van der Waals surface area contributed by atoms with Gasteiger partial charge in [0.05, 0.1) is 22.8 Å². The first-order valence-corrected chi connectivity index (χ1v) is 8.97. The molecule has 5 heterocycles. The maximum atomic E-state index is 11.5. The second-order valence-electron chi connectivity index (χ2n) is 6.76. The number of nitrogens with one attached hydrogen (secondary N) is 3. The Morgan fingerprint density at radius 2 is 1.68 bits per heavy atom. The Bertz CT molecular complexity index is 1300. The second-order valence-corrected chi connectivity index (χ2v) is 6.76. The molecule has 0 atom stereocenters. The number of hydrogen-bond donors (Lipinski definition) is 3. The summed E-state index contributed by atoms with van der Waals surface area (Å²) in [5.74, 6) is -0.241. The molecule has 6 heteroatoms. The fraction of sp³-hybridized carbons (Fsp3) is 0.0455. The highest BCUT2D eigenvalue weighted by atomic mass is 16.1. The monoisotopic (exact) mass is 367 g/mol. The zero-order chi connectivity index (χ0) is 19.1. The van der Waals surface area contributed by atoms with Gasteiger partial charge in [0, 0.05) is 34.7 Å². The molecule has 0 fully saturated rings. The van der Waals surface area contributed by atoms with Crippen LogP contribution in [-0.2, 0) is 4.79 Å². The molecule has 0 aliphatic carbocycles. The van der Waals surface area contributed by atoms with Gasteiger partial charge in [-0.25, -0.2) is 9.98 Å². The fourth-order valence-corrected chi connectivity index (χ4v) is 3.32. The molecule has 5 rings (SSSR count). The van der Waals surface area contributed by atoms with Crippen LogP contribution in [0.1, 0.15) is 18.3 Å². The summed E-state index contributed by atoms with van der Waals surface area (Å²) in [6, 6.07) is 8.10. The highest BCUT2D eigenvalue weighted by Crippen LogP contribution is 2.18. The maximum Gasteiger partial charge on any atom is 0.243 e. The number of fused-ring (bicyclic) bond motifs is 7. The first-order chi connectivity index (χ1) is 13.6. The highest BCUT2D eigenvalue weighted by Gasteiger charge is 2.17. The van der Waals surface area contributed by atoms with Crippen molar-refractivity contribution in [3.63, 3.8) is 0 Å². The SMILES string of the molecule is CC(=O)N=C1C=C2C=c3ccc([nH]3)=Cc3ccc([nH]3)C=C3C=CC(=N3)C=C1N2. The van der Waals surface area contributed by atoms with E-state index in [4.69, 9.17) is 0 Å². The number of H-pyrrole nitrogens is 2. The van der Waals surface area contributed by atoms with E-state index in [-0.39, 0.29) is 5.91 Å². The molecule has 2 aromatic heterocycles. The van der Waals surface area contributed by atoms with Gasteiger partial charge in [0.25, 0.3) is 0 Å². The van der Waals surface area contributed by atoms with Crippen molar-refractivity contribution in [1.82, 2.24) is 15.3 Å². The van der Waals surface area contributed by atoms with Crippen molar-refractivity contribution in [2.45, 2.75) is 6.92 Å². The second kappa shape index (κ2) is 6.35. The smallest absolute Gasteiger partial charge is 0.243 e. The van der Waals surface area contributed by atoms with Gasteiger partial charge in [-0.1, -0.05) is 0 Å². The number of aliphatic imine (C=N–C) groups is 2. The standard InChI is InChI=1S/C22H17N5O/c1-13(28)23-21-12-20-10-18-5-4-16(25-18)8-14-2-3-15(24-14)9-17-6-7-19(26-17)11-22(21)27-20/h2-12,24-25,27H,1H3. The molecule has 3 N–H and O–H groups in total. The van der Waals surface area contributed by atoms with Crippen molar-refractivity contribution >= 4 is 35.6 Å². The van der Waals surface area contributed by atoms with Crippen molar-refractivity contribution in [1.29, 1.82) is 0 Å². The van der Waals surface area contributed by atoms with Crippen molar-refractivity contribution in [2.24, 2.45) is 9.98 Å². The van der Waals surface area contributed by atoms with E-state index in [1.807, 2.05) is 60.7 Å². The molecule has 136 valence electrons. The third kappa shape index (κ3) is 3.23. The molecule has 3 aliphatic heterocycles. The number of hydrogen-bond acceptors (Lipinski definition) is 3. The van der Waals surface area contributed by atoms with Crippen molar-refractivity contribution < 1.29 is 4.79 Å². The average Bonchev–Trinajstić information content (AvgIpc) is 3.40. The molecular weight excluding hydrogens is 350 g/mol. The van der Waals surface area contributed by atoms with Crippen LogP contribution >= 0.6 is 0 Å². The van der Waals surface area contributed by atoms with E-state index in [9.17, 15) is 4.79 Å². The van der Waals surface area contributed by atoms with Gasteiger partial charge >= 0.3 is 0 Å². The molecule has 0 aromatic carbocycles. The van der Waals surface area contributed by atoms with Gasteiger partial charge in [0.1, 0.15) is 0 Å². The Balaban J connectivity index is 1.70. The highest BCUT2D eigenvalue weighted by molar-refractivity contribution is 6.20. The number of carbonyl (C=O) groups excluding carboxylic acids is 1. The number of nitrogens with zero attached hydrogens (tertiary/aromatic N) is 2. The zero-order valence-electron chi connectivity index (χ0n) is 15.2. The summed E-state index contributed by atoms with van der Waals surface area (Å²) in [7, 11) is 0. The van der Waals surface area contributed by atoms with Crippen LogP contribution in [0.3, 0.4) is 0 Å². The number of allylic oxidation sites excluding steroid dienone is 5. The number of aromatic nitrogens is 2. The third-order valence-corrected chi connectivity index (χ3v) is 4.49. The lowest BCUT2D eigenvalue weighted by atomic mass is 10.2. The van der Waals surface area contributed by atoms with Gasteiger partial charge in [-0.2, -0.15) is 0 Å². The predicted octanol–water partition coefficient (Wildman–Crippen LogP) is 1.68. The summed E-state index contributed by atoms with van der Waals surface area (Å²) in [6.07, 6.45) is 13.7. The van der Waals surface area contributed by atoms with E-state index in [0.717, 1.165) is 44.9 Å². The van der Waals surface area contributed by atoms with Crippen LogP contribution in [0.15, 0.2) is 75.6 Å². The van der Waals surface area contributed by atoms with E-state index in [1.54, 1.807) is 0 Å². The Kier molecular flexibility index (Phi) is 3.69. The molecule has 6 nitrogen and oxygen atoms in total. The molecule has 0 unspecified atom stereocenters. The van der Waals surface area contributed by atoms with Crippen LogP contribution in [0.4, 0.5) is 0 Å².